The van der Waals surface area contributed by atoms with Crippen LogP contribution < -0.4 is 14.5 Å². The number of aromatic hydroxyl groups is 1. The minimum Gasteiger partial charge on any atom is -0.503 e. The summed E-state index contributed by atoms with van der Waals surface area (Å²) in [5.41, 5.74) is 3.67. The Morgan fingerprint density at radius 3 is 2.36 bits per heavy atom. The van der Waals surface area contributed by atoms with E-state index in [-0.39, 0.29) is 45.8 Å². The van der Waals surface area contributed by atoms with E-state index in [0.717, 1.165) is 24.4 Å². The van der Waals surface area contributed by atoms with Crippen LogP contribution in [0.25, 0.3) is 0 Å². The molecular weight excluding hydrogens is 696 g/mol. The van der Waals surface area contributed by atoms with Gasteiger partial charge in [0, 0.05) is 41.9 Å². The van der Waals surface area contributed by atoms with Crippen molar-refractivity contribution >= 4 is 66.6 Å². The third kappa shape index (κ3) is 4.50. The zero-order chi connectivity index (χ0) is 30.9. The number of nitrogens with zero attached hydrogens (tertiary/aromatic N) is 2. The highest BCUT2D eigenvalue weighted by atomic mass is 79.9. The van der Waals surface area contributed by atoms with Crippen LogP contribution in [-0.4, -0.2) is 61.9 Å². The number of halogens is 2. The predicted octanol–water partition coefficient (Wildman–Crippen LogP) is 4.97. The summed E-state index contributed by atoms with van der Waals surface area (Å²) in [6, 6.07) is 10.8. The number of methoxy groups -OCH3 is 1. The van der Waals surface area contributed by atoms with Gasteiger partial charge in [-0.3, -0.25) is 24.1 Å². The molecular formula is C33H28Br2N2O7. The lowest BCUT2D eigenvalue weighted by Gasteiger charge is -2.42. The van der Waals surface area contributed by atoms with E-state index in [1.807, 2.05) is 30.3 Å². The Labute approximate surface area is 270 Å². The quantitative estimate of drug-likeness (QED) is 0.268. The Hall–Kier alpha value is -3.54. The standard InChI is InChI=1S/C33H28Br2N2O7/c1-43-26-13-16(12-23(34)31(26)40)27-19-6-7-20-28(21(19)14-22-29(27)25(38)15-24(35)30(22)39)33(42)37(32(20)41)18-4-2-17(3-5-18)36-8-10-44-11-9-36/h2-6,12-13,15,20-21,27-28,40H,7-11,14H2,1H3. The normalized spacial score (nSPS) is 26.7. The van der Waals surface area contributed by atoms with Gasteiger partial charge in [-0.1, -0.05) is 11.6 Å². The second-order valence-corrected chi connectivity index (χ2v) is 13.3. The second kappa shape index (κ2) is 11.1. The molecule has 2 aliphatic heterocycles. The molecule has 5 aliphatic rings. The first-order valence-electron chi connectivity index (χ1n) is 14.5. The number of rotatable bonds is 4. The maximum Gasteiger partial charge on any atom is 0.238 e. The smallest absolute Gasteiger partial charge is 0.238 e. The van der Waals surface area contributed by atoms with E-state index >= 15 is 0 Å². The van der Waals surface area contributed by atoms with Crippen molar-refractivity contribution in [3.8, 4) is 11.5 Å². The molecule has 226 valence electrons. The number of morpholine rings is 1. The number of imide groups is 1. The monoisotopic (exact) mass is 722 g/mol. The van der Waals surface area contributed by atoms with Crippen LogP contribution in [0.4, 0.5) is 11.4 Å². The number of phenolic OH excluding ortho intramolecular Hbond substituents is 1. The lowest BCUT2D eigenvalue weighted by molar-refractivity contribution is -0.123. The average Bonchev–Trinajstić information content (AvgIpc) is 3.30. The van der Waals surface area contributed by atoms with Crippen molar-refractivity contribution < 1.29 is 33.8 Å². The van der Waals surface area contributed by atoms with Crippen molar-refractivity contribution in [3.63, 3.8) is 0 Å². The summed E-state index contributed by atoms with van der Waals surface area (Å²) in [4.78, 5) is 58.5. The SMILES string of the molecule is COc1cc(C2C3=CCC4C(=O)N(c5ccc(N6CCOCC6)cc5)C(=O)C4C3CC3=C2C(=O)C=C(Br)C3=O)cc(Br)c1O. The minimum absolute atomic E-state index is 0.0870. The van der Waals surface area contributed by atoms with Gasteiger partial charge in [-0.05, 0) is 92.6 Å². The molecule has 2 aromatic carbocycles. The molecule has 7 rings (SSSR count). The summed E-state index contributed by atoms with van der Waals surface area (Å²) in [5, 5.41) is 10.5. The molecule has 11 heteroatoms. The molecule has 3 aliphatic carbocycles. The van der Waals surface area contributed by atoms with Gasteiger partial charge in [0.1, 0.15) is 0 Å². The number of fused-ring (bicyclic) bond motifs is 3. The van der Waals surface area contributed by atoms with Gasteiger partial charge in [0.2, 0.25) is 11.8 Å². The fourth-order valence-corrected chi connectivity index (χ4v) is 8.30. The number of benzene rings is 2. The summed E-state index contributed by atoms with van der Waals surface area (Å²) in [5.74, 6) is -3.43. The summed E-state index contributed by atoms with van der Waals surface area (Å²) in [7, 11) is 1.43. The second-order valence-electron chi connectivity index (χ2n) is 11.6. The van der Waals surface area contributed by atoms with Gasteiger partial charge in [-0.25, -0.2) is 0 Å². The topological polar surface area (TPSA) is 113 Å². The van der Waals surface area contributed by atoms with Crippen LogP contribution >= 0.6 is 31.9 Å². The fraction of sp³-hybridized carbons (Fsp3) is 0.333. The van der Waals surface area contributed by atoms with Crippen molar-refractivity contribution in [3.05, 3.63) is 79.8 Å². The van der Waals surface area contributed by atoms with E-state index in [1.54, 1.807) is 12.1 Å². The van der Waals surface area contributed by atoms with Crippen LogP contribution in [-0.2, 0) is 23.9 Å². The zero-order valence-corrected chi connectivity index (χ0v) is 26.9. The average molecular weight is 724 g/mol. The Morgan fingerprint density at radius 1 is 0.955 bits per heavy atom. The first kappa shape index (κ1) is 29.2. The number of carbonyl (C=O) groups excluding carboxylic acids is 4. The number of hydrogen-bond donors (Lipinski definition) is 1. The van der Waals surface area contributed by atoms with Crippen LogP contribution in [0, 0.1) is 17.8 Å². The van der Waals surface area contributed by atoms with E-state index in [0.29, 0.717) is 46.5 Å². The molecule has 0 radical (unpaired) electrons. The number of phenols is 1. The van der Waals surface area contributed by atoms with E-state index in [1.165, 1.54) is 18.1 Å². The van der Waals surface area contributed by atoms with Crippen LogP contribution in [0.1, 0.15) is 24.3 Å². The molecule has 0 aromatic heterocycles. The van der Waals surface area contributed by atoms with Gasteiger partial charge in [0.15, 0.2) is 23.1 Å². The maximum atomic E-state index is 14.2. The Balaban J connectivity index is 1.28. The van der Waals surface area contributed by atoms with E-state index in [9.17, 15) is 24.3 Å². The molecule has 4 unspecified atom stereocenters. The van der Waals surface area contributed by atoms with E-state index < -0.39 is 23.7 Å². The molecule has 9 nitrogen and oxygen atoms in total. The van der Waals surface area contributed by atoms with Crippen LogP contribution in [0.3, 0.4) is 0 Å². The molecule has 44 heavy (non-hydrogen) atoms. The van der Waals surface area contributed by atoms with Gasteiger partial charge in [0.25, 0.3) is 0 Å². The zero-order valence-electron chi connectivity index (χ0n) is 23.7. The number of ether oxygens (including phenoxy) is 2. The van der Waals surface area contributed by atoms with Gasteiger partial charge in [-0.2, -0.15) is 0 Å². The third-order valence-electron chi connectivity index (χ3n) is 9.42. The highest BCUT2D eigenvalue weighted by Crippen LogP contribution is 2.56. The Morgan fingerprint density at radius 2 is 1.66 bits per heavy atom. The number of carbonyl (C=O) groups is 4. The lowest BCUT2D eigenvalue weighted by atomic mass is 9.59. The van der Waals surface area contributed by atoms with Crippen molar-refractivity contribution in [1.29, 1.82) is 0 Å². The number of ketones is 2. The molecule has 1 N–H and O–H groups in total. The molecule has 0 bridgehead atoms. The molecule has 2 aromatic rings. The summed E-state index contributed by atoms with van der Waals surface area (Å²) < 4.78 is 11.4. The maximum absolute atomic E-state index is 14.2. The summed E-state index contributed by atoms with van der Waals surface area (Å²) in [6.45, 7) is 2.85. The van der Waals surface area contributed by atoms with Crippen LogP contribution in [0.2, 0.25) is 0 Å². The van der Waals surface area contributed by atoms with E-state index in [4.69, 9.17) is 9.47 Å². The summed E-state index contributed by atoms with van der Waals surface area (Å²) in [6.07, 6.45) is 3.76. The Bertz CT molecular complexity index is 1720. The fourth-order valence-electron chi connectivity index (χ4n) is 7.39. The number of allylic oxidation sites excluding steroid dienone is 6. The highest BCUT2D eigenvalue weighted by molar-refractivity contribution is 9.12. The third-order valence-corrected chi connectivity index (χ3v) is 10.6. The van der Waals surface area contributed by atoms with Crippen molar-refractivity contribution in [1.82, 2.24) is 0 Å². The minimum atomic E-state index is -0.687. The van der Waals surface area contributed by atoms with Gasteiger partial charge >= 0.3 is 0 Å². The first-order valence-corrected chi connectivity index (χ1v) is 16.0. The van der Waals surface area contributed by atoms with Gasteiger partial charge in [0.05, 0.1) is 46.8 Å². The molecule has 0 saturated carbocycles. The van der Waals surface area contributed by atoms with Crippen LogP contribution in [0.15, 0.2) is 74.2 Å². The first-order chi connectivity index (χ1) is 21.2. The summed E-state index contributed by atoms with van der Waals surface area (Å²) >= 11 is 6.65. The van der Waals surface area contributed by atoms with Crippen molar-refractivity contribution in [2.24, 2.45) is 17.8 Å². The number of Topliss-reactive ketones (excluding diaryl/α,β-unsaturated/α-hetero) is 1. The van der Waals surface area contributed by atoms with Crippen molar-refractivity contribution in [2.75, 3.05) is 43.2 Å². The molecule has 2 heterocycles. The van der Waals surface area contributed by atoms with Crippen molar-refractivity contribution in [2.45, 2.75) is 18.8 Å². The molecule has 4 atom stereocenters. The van der Waals surface area contributed by atoms with Gasteiger partial charge < -0.3 is 19.5 Å². The molecule has 0 spiro atoms. The number of amides is 2. The lowest BCUT2D eigenvalue weighted by Crippen LogP contribution is -2.39. The van der Waals surface area contributed by atoms with Gasteiger partial charge in [-0.15, -0.1) is 0 Å². The number of hydrogen-bond acceptors (Lipinski definition) is 8. The predicted molar refractivity (Wildman–Crippen MR) is 169 cm³/mol. The highest BCUT2D eigenvalue weighted by Gasteiger charge is 2.56. The number of anilines is 2. The molecule has 2 amide bonds. The van der Waals surface area contributed by atoms with E-state index in [2.05, 4.69) is 36.8 Å². The largest absolute Gasteiger partial charge is 0.503 e. The van der Waals surface area contributed by atoms with Crippen LogP contribution in [0.5, 0.6) is 11.5 Å². The Kier molecular flexibility index (Phi) is 7.37. The molecule has 2 fully saturated rings. The molecule has 2 saturated heterocycles.